The van der Waals surface area contributed by atoms with Crippen LogP contribution in [0.2, 0.25) is 10.0 Å². The third-order valence-electron chi connectivity index (χ3n) is 8.59. The highest BCUT2D eigenvalue weighted by atomic mass is 35.5. The van der Waals surface area contributed by atoms with Crippen LogP contribution in [0.3, 0.4) is 0 Å². The van der Waals surface area contributed by atoms with Crippen LogP contribution in [0.15, 0.2) is 46.5 Å². The monoisotopic (exact) mass is 882 g/mol. The molecule has 2 heterocycles. The van der Waals surface area contributed by atoms with Gasteiger partial charge in [-0.15, -0.1) is 0 Å². The van der Waals surface area contributed by atoms with Crippen LogP contribution in [0.1, 0.15) is 129 Å². The number of Topliss-reactive ketones (excluding diaryl/α,β-unsaturated/α-hetero) is 1. The average Bonchev–Trinajstić information content (AvgIpc) is 3.69. The van der Waals surface area contributed by atoms with Crippen molar-refractivity contribution in [1.29, 1.82) is 0 Å². The largest absolute Gasteiger partial charge is 0.477 e. The first-order valence-electron chi connectivity index (χ1n) is 17.8. The van der Waals surface area contributed by atoms with E-state index in [1.807, 2.05) is 64.8 Å². The predicted molar refractivity (Wildman–Crippen MR) is 221 cm³/mol. The Morgan fingerprint density at radius 2 is 0.879 bits per heavy atom. The number of ketones is 1. The van der Waals surface area contributed by atoms with Crippen molar-refractivity contribution in [2.24, 2.45) is 14.1 Å². The summed E-state index contributed by atoms with van der Waals surface area (Å²) in [6, 6.07) is 7.03. The molecule has 0 aliphatic rings. The van der Waals surface area contributed by atoms with Gasteiger partial charge in [0.15, 0.2) is 15.8 Å². The van der Waals surface area contributed by atoms with Crippen molar-refractivity contribution in [3.05, 3.63) is 80.1 Å². The molecule has 0 radical (unpaired) electrons. The zero-order valence-corrected chi connectivity index (χ0v) is 37.0. The average molecular weight is 884 g/mol. The molecule has 5 N–H and O–H groups in total. The van der Waals surface area contributed by atoms with Gasteiger partial charge in [-0.25, -0.2) is 23.8 Å². The van der Waals surface area contributed by atoms with E-state index in [2.05, 4.69) is 20.8 Å². The second-order valence-corrected chi connectivity index (χ2v) is 18.6. The highest BCUT2D eigenvalue weighted by molar-refractivity contribution is 7.90. The van der Waals surface area contributed by atoms with Gasteiger partial charge in [-0.1, -0.05) is 78.6 Å². The van der Waals surface area contributed by atoms with Crippen LogP contribution in [0.25, 0.3) is 0 Å². The summed E-state index contributed by atoms with van der Waals surface area (Å²) in [7, 11) is -5.89. The third kappa shape index (κ3) is 11.6. The van der Waals surface area contributed by atoms with E-state index in [1.165, 1.54) is 21.0 Å². The molecule has 4 amide bonds. The topological polar surface area (TPSA) is 241 Å². The molecule has 316 valence electrons. The van der Waals surface area contributed by atoms with E-state index in [9.17, 15) is 36.0 Å². The van der Waals surface area contributed by atoms with Crippen LogP contribution in [-0.4, -0.2) is 65.3 Å². The lowest BCUT2D eigenvalue weighted by atomic mass is 9.92. The van der Waals surface area contributed by atoms with Crippen molar-refractivity contribution in [2.75, 3.05) is 10.6 Å². The number of anilines is 2. The minimum Gasteiger partial charge on any atom is -0.477 e. The van der Waals surface area contributed by atoms with Gasteiger partial charge in [0.1, 0.15) is 11.4 Å². The number of urea groups is 2. The van der Waals surface area contributed by atoms with Gasteiger partial charge < -0.3 is 15.7 Å². The van der Waals surface area contributed by atoms with Crippen molar-refractivity contribution in [3.8, 4) is 0 Å². The quantitative estimate of drug-likeness (QED) is 0.0870. The molecule has 58 heavy (non-hydrogen) atoms. The fourth-order valence-electron chi connectivity index (χ4n) is 5.71. The van der Waals surface area contributed by atoms with Crippen LogP contribution in [-0.2, 0) is 34.1 Å². The summed E-state index contributed by atoms with van der Waals surface area (Å²) in [5.41, 5.74) is 3.92. The molecule has 0 saturated carbocycles. The van der Waals surface area contributed by atoms with Crippen LogP contribution >= 0.6 is 23.2 Å². The molecule has 0 atom stereocenters. The molecule has 0 fully saturated rings. The van der Waals surface area contributed by atoms with Crippen LogP contribution < -0.4 is 20.1 Å². The zero-order chi connectivity index (χ0) is 44.2. The second-order valence-electron chi connectivity index (χ2n) is 14.5. The fourth-order valence-corrected chi connectivity index (χ4v) is 7.97. The molecular formula is C37H48Cl2N8O9S2. The van der Waals surface area contributed by atoms with Crippen molar-refractivity contribution in [3.63, 3.8) is 0 Å². The number of hydrogen-bond acceptors (Lipinski definition) is 10. The van der Waals surface area contributed by atoms with Gasteiger partial charge in [-0.3, -0.25) is 14.2 Å². The first-order chi connectivity index (χ1) is 26.7. The van der Waals surface area contributed by atoms with E-state index in [-0.39, 0.29) is 40.8 Å². The van der Waals surface area contributed by atoms with Crippen molar-refractivity contribution >= 4 is 78.4 Å². The summed E-state index contributed by atoms with van der Waals surface area (Å²) in [6.45, 7) is 16.8. The fraction of sp³-hybridized carbons (Fsp3) is 0.405. The Hall–Kier alpha value is -4.98. The lowest BCUT2D eigenvalue weighted by Gasteiger charge is -2.21. The number of benzene rings is 2. The summed E-state index contributed by atoms with van der Waals surface area (Å²) in [6.07, 6.45) is 0. The lowest BCUT2D eigenvalue weighted by molar-refractivity contribution is 0.0684. The minimum atomic E-state index is -4.37. The molecule has 0 spiro atoms. The molecule has 4 rings (SSSR count). The molecule has 2 aromatic heterocycles. The number of carboxylic acids is 1. The molecule has 0 unspecified atom stereocenters. The molecule has 2 aromatic carbocycles. The smallest absolute Gasteiger partial charge is 0.354 e. The Morgan fingerprint density at radius 3 is 1.12 bits per heavy atom. The number of rotatable bonds is 12. The second kappa shape index (κ2) is 18.7. The number of aromatic carboxylic acids is 1. The lowest BCUT2D eigenvalue weighted by Crippen LogP contribution is -2.35. The van der Waals surface area contributed by atoms with E-state index in [4.69, 9.17) is 28.3 Å². The van der Waals surface area contributed by atoms with Gasteiger partial charge in [0, 0.05) is 54.6 Å². The predicted octanol–water partition coefficient (Wildman–Crippen LogP) is 7.56. The Labute approximate surface area is 348 Å². The molecule has 0 aliphatic carbocycles. The number of carboxylic acid groups (broad SMARTS) is 1. The van der Waals surface area contributed by atoms with E-state index in [0.29, 0.717) is 21.4 Å². The van der Waals surface area contributed by atoms with Crippen LogP contribution in [0.5, 0.6) is 0 Å². The molecule has 4 aromatic rings. The van der Waals surface area contributed by atoms with Gasteiger partial charge in [0.05, 0.1) is 0 Å². The number of amides is 4. The number of carbonyl (C=O) groups excluding carboxylic acids is 3. The molecule has 0 aliphatic heterocycles. The Morgan fingerprint density at radius 1 is 0.586 bits per heavy atom. The van der Waals surface area contributed by atoms with Gasteiger partial charge in [-0.05, 0) is 70.2 Å². The summed E-state index contributed by atoms with van der Waals surface area (Å²) in [5, 5.41) is 21.8. The number of sulfonamides is 2. The Balaban J connectivity index is 0.000000310. The number of nitrogens with one attached hydrogen (secondary N) is 4. The number of nitrogens with zero attached hydrogens (tertiary/aromatic N) is 4. The normalized spacial score (nSPS) is 11.7. The number of aromatic nitrogens is 4. The molecule has 0 bridgehead atoms. The first-order valence-corrected chi connectivity index (χ1v) is 21.5. The maximum absolute atomic E-state index is 12.5. The maximum atomic E-state index is 12.5. The van der Waals surface area contributed by atoms with E-state index in [1.54, 1.807) is 24.3 Å². The first kappa shape index (κ1) is 47.4. The van der Waals surface area contributed by atoms with Crippen LogP contribution in [0.4, 0.5) is 21.0 Å². The molecule has 21 heteroatoms. The highest BCUT2D eigenvalue weighted by Crippen LogP contribution is 2.37. The number of carbonyl (C=O) groups is 4. The SMILES string of the molecule is CC(=O)c1cc(S(=O)(=O)NC(=O)Nc2c(C(C)C)cc(Cl)cc2C(C)C)nn1C.CC(C)c1cc(Cl)cc(C(C)C)c1NC(=O)NS(=O)(=O)c1cc(C(=O)O)n(C)n1. The summed E-state index contributed by atoms with van der Waals surface area (Å²) in [4.78, 5) is 47.6. The van der Waals surface area contributed by atoms with Crippen molar-refractivity contribution < 1.29 is 41.1 Å². The van der Waals surface area contributed by atoms with Crippen molar-refractivity contribution in [2.45, 2.75) is 96.0 Å². The van der Waals surface area contributed by atoms with Crippen LogP contribution in [0, 0.1) is 0 Å². The standard InChI is InChI=1S/C19H25ClN4O4S.C18H23ClN4O5S/c1-10(2)14-7-13(20)8-15(11(3)4)18(14)21-19(26)23-29(27,28)17-9-16(12(5)25)24(6)22-17;1-9(2)12-6-11(19)7-13(10(3)4)16(12)20-18(26)22-29(27,28)15-8-14(17(24)25)23(5)21-15/h7-11H,1-6H3,(H2,21,23,26);6-10H,1-5H3,(H,24,25)(H2,20,22,26). The van der Waals surface area contributed by atoms with E-state index in [0.717, 1.165) is 43.8 Å². The summed E-state index contributed by atoms with van der Waals surface area (Å²) in [5.74, 6) is -1.54. The third-order valence-corrected chi connectivity index (χ3v) is 11.4. The van der Waals surface area contributed by atoms with Gasteiger partial charge >= 0.3 is 18.0 Å². The number of aryl methyl sites for hydroxylation is 2. The molecular weight excluding hydrogens is 835 g/mol. The zero-order valence-electron chi connectivity index (χ0n) is 33.8. The highest BCUT2D eigenvalue weighted by Gasteiger charge is 2.27. The van der Waals surface area contributed by atoms with Gasteiger partial charge in [0.25, 0.3) is 20.0 Å². The van der Waals surface area contributed by atoms with Gasteiger partial charge in [0.2, 0.25) is 0 Å². The molecule has 17 nitrogen and oxygen atoms in total. The Kier molecular flexibility index (Phi) is 15.3. The Bertz CT molecular complexity index is 2230. The van der Waals surface area contributed by atoms with Crippen molar-refractivity contribution in [1.82, 2.24) is 29.0 Å². The van der Waals surface area contributed by atoms with E-state index < -0.39 is 48.1 Å². The summed E-state index contributed by atoms with van der Waals surface area (Å²) >= 11 is 12.4. The number of hydrogen-bond donors (Lipinski definition) is 5. The maximum Gasteiger partial charge on any atom is 0.354 e. The molecule has 0 saturated heterocycles. The van der Waals surface area contributed by atoms with E-state index >= 15 is 0 Å². The summed E-state index contributed by atoms with van der Waals surface area (Å²) < 4.78 is 55.8. The minimum absolute atomic E-state index is 0.0204. The van der Waals surface area contributed by atoms with Gasteiger partial charge in [-0.2, -0.15) is 27.0 Å². The number of halogens is 2.